The first-order valence-corrected chi connectivity index (χ1v) is 13.6. The molecule has 0 spiro atoms. The highest BCUT2D eigenvalue weighted by molar-refractivity contribution is 9.10. The number of phenols is 1. The Morgan fingerprint density at radius 3 is 2.29 bits per heavy atom. The highest BCUT2D eigenvalue weighted by Crippen LogP contribution is 2.35. The van der Waals surface area contributed by atoms with Gasteiger partial charge in [-0.15, -0.1) is 0 Å². The summed E-state index contributed by atoms with van der Waals surface area (Å²) in [5.74, 6) is -0.329. The number of nitrogen functional groups attached to an aromatic ring is 1. The van der Waals surface area contributed by atoms with Gasteiger partial charge in [-0.2, -0.15) is 0 Å². The van der Waals surface area contributed by atoms with Crippen molar-refractivity contribution in [2.24, 2.45) is 0 Å². The number of carbonyl (C=O) groups is 3. The molecule has 0 heterocycles. The number of benzene rings is 4. The third kappa shape index (κ3) is 8.21. The highest BCUT2D eigenvalue weighted by Gasteiger charge is 2.30. The van der Waals surface area contributed by atoms with Gasteiger partial charge in [0.25, 0.3) is 0 Å². The van der Waals surface area contributed by atoms with E-state index in [-0.39, 0.29) is 17.1 Å². The summed E-state index contributed by atoms with van der Waals surface area (Å²) < 4.78 is 12.6. The Hall–Kier alpha value is -5.09. The lowest BCUT2D eigenvalue weighted by molar-refractivity contribution is -0.112. The van der Waals surface area contributed by atoms with E-state index in [4.69, 9.17) is 15.2 Å². The first-order valence-electron chi connectivity index (χ1n) is 12.8. The first kappa shape index (κ1) is 29.9. The van der Waals surface area contributed by atoms with E-state index in [1.54, 1.807) is 84.9 Å². The predicted octanol–water partition coefficient (Wildman–Crippen LogP) is 6.87. The fraction of sp³-hybridized carbons (Fsp3) is 0.0938. The molecule has 0 saturated carbocycles. The van der Waals surface area contributed by atoms with Gasteiger partial charge in [0.2, 0.25) is 5.91 Å². The van der Waals surface area contributed by atoms with Crippen molar-refractivity contribution in [3.63, 3.8) is 0 Å². The van der Waals surface area contributed by atoms with Gasteiger partial charge in [0, 0.05) is 27.4 Å². The number of nitrogens with two attached hydrogens (primary N) is 1. The molecule has 2 atom stereocenters. The Morgan fingerprint density at radius 1 is 0.905 bits per heavy atom. The maximum Gasteiger partial charge on any atom is 0.412 e. The summed E-state index contributed by atoms with van der Waals surface area (Å²) in [6.45, 7) is 1.45. The first-order chi connectivity index (χ1) is 20.2. The molecule has 4 aromatic carbocycles. The molecule has 42 heavy (non-hydrogen) atoms. The number of phenolic OH excluding ortho intramolecular Hbond substituents is 1. The molecule has 4 aromatic rings. The molecule has 10 heteroatoms. The number of halogens is 1. The van der Waals surface area contributed by atoms with Crippen molar-refractivity contribution in [3.05, 3.63) is 125 Å². The summed E-state index contributed by atoms with van der Waals surface area (Å²) in [7, 11) is 0. The molecule has 214 valence electrons. The topological polar surface area (TPSA) is 140 Å². The number of anilines is 3. The van der Waals surface area contributed by atoms with E-state index in [0.29, 0.717) is 32.8 Å². The summed E-state index contributed by atoms with van der Waals surface area (Å²) in [6, 6.07) is 26.6. The molecule has 9 nitrogen and oxygen atoms in total. The summed E-state index contributed by atoms with van der Waals surface area (Å²) in [5.41, 5.74) is 7.87. The van der Waals surface area contributed by atoms with Gasteiger partial charge in [0.15, 0.2) is 18.0 Å². The minimum atomic E-state index is -1.22. The Labute approximate surface area is 251 Å². The molecule has 0 aliphatic carbocycles. The number of nitrogens with one attached hydrogen (secondary N) is 2. The second-order valence-corrected chi connectivity index (χ2v) is 10.0. The zero-order chi connectivity index (χ0) is 30.1. The molecule has 4 rings (SSSR count). The van der Waals surface area contributed by atoms with Crippen LogP contribution in [0.4, 0.5) is 21.9 Å². The Kier molecular flexibility index (Phi) is 9.96. The molecule has 0 aliphatic rings. The number of hydrogen-bond donors (Lipinski definition) is 4. The largest absolute Gasteiger partial charge is 0.508 e. The van der Waals surface area contributed by atoms with Crippen molar-refractivity contribution >= 4 is 50.8 Å². The van der Waals surface area contributed by atoms with Crippen molar-refractivity contribution in [3.8, 4) is 11.5 Å². The van der Waals surface area contributed by atoms with Crippen molar-refractivity contribution in [2.75, 3.05) is 16.4 Å². The van der Waals surface area contributed by atoms with Crippen LogP contribution in [-0.4, -0.2) is 29.0 Å². The fourth-order valence-electron chi connectivity index (χ4n) is 3.94. The Morgan fingerprint density at radius 2 is 1.60 bits per heavy atom. The monoisotopic (exact) mass is 629 g/mol. The van der Waals surface area contributed by atoms with Crippen LogP contribution in [0.3, 0.4) is 0 Å². The molecule has 5 N–H and O–H groups in total. The molecule has 0 aromatic heterocycles. The number of para-hydroxylation sites is 3. The Balaban J connectivity index is 1.66. The normalized spacial score (nSPS) is 12.2. The summed E-state index contributed by atoms with van der Waals surface area (Å²) in [5, 5.41) is 16.1. The average molecular weight is 630 g/mol. The van der Waals surface area contributed by atoms with Crippen LogP contribution in [0.5, 0.6) is 11.5 Å². The standard InChI is InChI=1S/C32H28BrN3O6/c1-20(37)21-11-14-23(15-12-21)35-32(40)42-31(25-19-22(33)13-16-28(25)38)29(41-24-7-3-2-4-8-24)17-18-30(39)36-27-10-6-5-9-26(27)34/h2-19,29,31,38H,34H2,1H3,(H,35,40)(H,36,39)/b18-17+/t29-,31-/m0/s1. The van der Waals surface area contributed by atoms with Gasteiger partial charge in [-0.05, 0) is 79.7 Å². The lowest BCUT2D eigenvalue weighted by atomic mass is 10.0. The van der Waals surface area contributed by atoms with Gasteiger partial charge >= 0.3 is 6.09 Å². The van der Waals surface area contributed by atoms with E-state index in [2.05, 4.69) is 26.6 Å². The van der Waals surface area contributed by atoms with Crippen LogP contribution >= 0.6 is 15.9 Å². The molecular weight excluding hydrogens is 602 g/mol. The van der Waals surface area contributed by atoms with Crippen LogP contribution in [0, 0.1) is 0 Å². The van der Waals surface area contributed by atoms with Gasteiger partial charge in [-0.1, -0.05) is 46.3 Å². The molecular formula is C32H28BrN3O6. The quantitative estimate of drug-likeness (QED) is 0.0852. The number of ether oxygens (including phenoxy) is 2. The van der Waals surface area contributed by atoms with Crippen LogP contribution in [0.2, 0.25) is 0 Å². The number of ketones is 1. The molecule has 0 bridgehead atoms. The number of carbonyl (C=O) groups excluding carboxylic acids is 3. The lowest BCUT2D eigenvalue weighted by Crippen LogP contribution is -2.30. The number of amides is 2. The van der Waals surface area contributed by atoms with Crippen molar-refractivity contribution in [1.82, 2.24) is 0 Å². The number of hydrogen-bond acceptors (Lipinski definition) is 7. The van der Waals surface area contributed by atoms with E-state index in [1.165, 1.54) is 25.1 Å². The fourth-order valence-corrected chi connectivity index (χ4v) is 4.32. The zero-order valence-corrected chi connectivity index (χ0v) is 24.1. The van der Waals surface area contributed by atoms with E-state index < -0.39 is 24.2 Å². The van der Waals surface area contributed by atoms with Crippen molar-refractivity contribution in [2.45, 2.75) is 19.1 Å². The van der Waals surface area contributed by atoms with Crippen LogP contribution in [0.15, 0.2) is 114 Å². The SMILES string of the molecule is CC(=O)c1ccc(NC(=O)O[C@@H](c2cc(Br)ccc2O)[C@H](/C=C/C(=O)Nc2ccccc2N)Oc2ccccc2)cc1. The summed E-state index contributed by atoms with van der Waals surface area (Å²) in [6.07, 6.45) is -0.473. The van der Waals surface area contributed by atoms with Gasteiger partial charge in [0.1, 0.15) is 11.5 Å². The smallest absolute Gasteiger partial charge is 0.412 e. The molecule has 0 aliphatic heterocycles. The average Bonchev–Trinajstić information content (AvgIpc) is 2.97. The maximum absolute atomic E-state index is 13.1. The molecule has 0 radical (unpaired) electrons. The van der Waals surface area contributed by atoms with Gasteiger partial charge in [-0.3, -0.25) is 14.9 Å². The van der Waals surface area contributed by atoms with Gasteiger partial charge in [0.05, 0.1) is 11.4 Å². The molecule has 0 unspecified atom stereocenters. The number of aromatic hydroxyl groups is 1. The predicted molar refractivity (Wildman–Crippen MR) is 165 cm³/mol. The third-order valence-corrected chi connectivity index (χ3v) is 6.53. The highest BCUT2D eigenvalue weighted by atomic mass is 79.9. The maximum atomic E-state index is 13.1. The van der Waals surface area contributed by atoms with Crippen LogP contribution in [0.1, 0.15) is 28.9 Å². The van der Waals surface area contributed by atoms with E-state index in [0.717, 1.165) is 0 Å². The minimum absolute atomic E-state index is 0.110. The van der Waals surface area contributed by atoms with Gasteiger partial charge in [-0.25, -0.2) is 4.79 Å². The number of rotatable bonds is 10. The minimum Gasteiger partial charge on any atom is -0.508 e. The van der Waals surface area contributed by atoms with E-state index in [9.17, 15) is 19.5 Å². The zero-order valence-electron chi connectivity index (χ0n) is 22.5. The van der Waals surface area contributed by atoms with Crippen LogP contribution in [-0.2, 0) is 9.53 Å². The molecule has 0 saturated heterocycles. The van der Waals surface area contributed by atoms with Crippen LogP contribution < -0.4 is 21.1 Å². The van der Waals surface area contributed by atoms with Crippen molar-refractivity contribution in [1.29, 1.82) is 0 Å². The van der Waals surface area contributed by atoms with E-state index >= 15 is 0 Å². The Bertz CT molecular complexity index is 1590. The second kappa shape index (κ2) is 14.0. The van der Waals surface area contributed by atoms with Gasteiger partial charge < -0.3 is 25.6 Å². The molecule has 0 fully saturated rings. The summed E-state index contributed by atoms with van der Waals surface area (Å²) >= 11 is 3.40. The third-order valence-electron chi connectivity index (χ3n) is 6.04. The van der Waals surface area contributed by atoms with E-state index in [1.807, 2.05) is 6.07 Å². The van der Waals surface area contributed by atoms with Crippen molar-refractivity contribution < 1.29 is 29.0 Å². The second-order valence-electron chi connectivity index (χ2n) is 9.12. The number of Topliss-reactive ketones (excluding diaryl/α,β-unsaturated/α-hetero) is 1. The summed E-state index contributed by atoms with van der Waals surface area (Å²) in [4.78, 5) is 37.5. The molecule has 2 amide bonds. The van der Waals surface area contributed by atoms with Crippen LogP contribution in [0.25, 0.3) is 0 Å². The lowest BCUT2D eigenvalue weighted by Gasteiger charge is -2.27.